The van der Waals surface area contributed by atoms with Crippen LogP contribution in [0.25, 0.3) is 11.4 Å². The third-order valence-corrected chi connectivity index (χ3v) is 5.34. The highest BCUT2D eigenvalue weighted by molar-refractivity contribution is 5.59. The summed E-state index contributed by atoms with van der Waals surface area (Å²) in [5.74, 6) is 1.64. The van der Waals surface area contributed by atoms with Crippen molar-refractivity contribution >= 4 is 11.9 Å². The van der Waals surface area contributed by atoms with E-state index in [1.165, 1.54) is 16.7 Å². The van der Waals surface area contributed by atoms with Crippen LogP contribution in [-0.2, 0) is 21.4 Å². The monoisotopic (exact) mass is 478 g/mol. The molecule has 0 aliphatic rings. The van der Waals surface area contributed by atoms with E-state index >= 15 is 0 Å². The van der Waals surface area contributed by atoms with E-state index in [1.54, 1.807) is 0 Å². The van der Waals surface area contributed by atoms with Crippen LogP contribution in [0.3, 0.4) is 0 Å². The number of hydrogen-bond acceptors (Lipinski definition) is 8. The molecule has 1 heterocycles. The van der Waals surface area contributed by atoms with E-state index < -0.39 is 0 Å². The number of rotatable bonds is 13. The summed E-state index contributed by atoms with van der Waals surface area (Å²) in [5.41, 5.74) is 10.1. The fourth-order valence-electron chi connectivity index (χ4n) is 3.43. The molecule has 0 aliphatic carbocycles. The molecule has 2 aromatic carbocycles. The zero-order valence-electron chi connectivity index (χ0n) is 21.3. The van der Waals surface area contributed by atoms with E-state index in [2.05, 4.69) is 102 Å². The molecule has 188 valence electrons. The lowest BCUT2D eigenvalue weighted by Gasteiger charge is -2.19. The molecule has 0 amide bonds. The highest BCUT2D eigenvalue weighted by atomic mass is 16.5. The predicted molar refractivity (Wildman–Crippen MR) is 142 cm³/mol. The Labute approximate surface area is 208 Å². The Morgan fingerprint density at radius 1 is 0.829 bits per heavy atom. The first-order valence-corrected chi connectivity index (χ1v) is 12.1. The molecule has 3 aromatic rings. The van der Waals surface area contributed by atoms with E-state index in [9.17, 15) is 0 Å². The SMILES string of the molecule is Cc1cccc(CNc2nc(NCCOCCOCCN)nc(-c3ccc(C(C)(C)C)cc3)n2)c1. The van der Waals surface area contributed by atoms with E-state index in [0.29, 0.717) is 63.8 Å². The van der Waals surface area contributed by atoms with Gasteiger partial charge in [-0.1, -0.05) is 74.9 Å². The first kappa shape index (κ1) is 26.5. The summed E-state index contributed by atoms with van der Waals surface area (Å²) in [5, 5.41) is 6.60. The minimum Gasteiger partial charge on any atom is -0.378 e. The van der Waals surface area contributed by atoms with Gasteiger partial charge in [-0.3, -0.25) is 0 Å². The van der Waals surface area contributed by atoms with Gasteiger partial charge in [-0.05, 0) is 23.5 Å². The van der Waals surface area contributed by atoms with Crippen molar-refractivity contribution in [2.75, 3.05) is 50.2 Å². The number of nitrogens with zero attached hydrogens (tertiary/aromatic N) is 3. The molecular weight excluding hydrogens is 440 g/mol. The number of aromatic nitrogens is 3. The Bertz CT molecular complexity index is 1050. The number of benzene rings is 2. The zero-order chi connectivity index (χ0) is 25.1. The predicted octanol–water partition coefficient (Wildman–Crippen LogP) is 4.16. The summed E-state index contributed by atoms with van der Waals surface area (Å²) in [6, 6.07) is 16.8. The van der Waals surface area contributed by atoms with Gasteiger partial charge in [0.25, 0.3) is 0 Å². The fraction of sp³-hybridized carbons (Fsp3) is 0.444. The molecule has 4 N–H and O–H groups in total. The van der Waals surface area contributed by atoms with Gasteiger partial charge in [0.1, 0.15) is 0 Å². The smallest absolute Gasteiger partial charge is 0.228 e. The normalized spacial score (nSPS) is 11.5. The minimum absolute atomic E-state index is 0.0836. The zero-order valence-corrected chi connectivity index (χ0v) is 21.3. The van der Waals surface area contributed by atoms with Gasteiger partial charge in [0.05, 0.1) is 26.4 Å². The van der Waals surface area contributed by atoms with E-state index in [0.717, 1.165) is 5.56 Å². The molecule has 0 spiro atoms. The molecule has 8 heteroatoms. The first-order chi connectivity index (χ1) is 16.8. The molecule has 0 fully saturated rings. The fourth-order valence-corrected chi connectivity index (χ4v) is 3.43. The Hall–Kier alpha value is -3.07. The maximum absolute atomic E-state index is 5.59. The average Bonchev–Trinajstić information content (AvgIpc) is 2.84. The van der Waals surface area contributed by atoms with Crippen LogP contribution in [0, 0.1) is 6.92 Å². The molecule has 0 unspecified atom stereocenters. The topological polar surface area (TPSA) is 107 Å². The Morgan fingerprint density at radius 2 is 1.51 bits per heavy atom. The molecule has 3 rings (SSSR count). The molecule has 0 saturated carbocycles. The molecule has 8 nitrogen and oxygen atoms in total. The lowest BCUT2D eigenvalue weighted by molar-refractivity contribution is 0.0547. The van der Waals surface area contributed by atoms with Gasteiger partial charge in [-0.2, -0.15) is 15.0 Å². The lowest BCUT2D eigenvalue weighted by atomic mass is 9.87. The summed E-state index contributed by atoms with van der Waals surface area (Å²) in [4.78, 5) is 13.9. The van der Waals surface area contributed by atoms with Crippen molar-refractivity contribution in [3.05, 3.63) is 65.2 Å². The quantitative estimate of drug-likeness (QED) is 0.314. The second kappa shape index (κ2) is 13.1. The van der Waals surface area contributed by atoms with Crippen molar-refractivity contribution < 1.29 is 9.47 Å². The van der Waals surface area contributed by atoms with Crippen molar-refractivity contribution in [1.29, 1.82) is 0 Å². The second-order valence-electron chi connectivity index (χ2n) is 9.42. The largest absolute Gasteiger partial charge is 0.378 e. The van der Waals surface area contributed by atoms with Crippen molar-refractivity contribution in [3.8, 4) is 11.4 Å². The van der Waals surface area contributed by atoms with Crippen LogP contribution in [-0.4, -0.2) is 54.5 Å². The minimum atomic E-state index is 0.0836. The standard InChI is InChI=1S/C27H38N6O2/c1-20-6-5-7-21(18-20)19-30-26-32-24(22-8-10-23(11-9-22)27(2,3)4)31-25(33-26)29-13-15-35-17-16-34-14-12-28/h5-11,18H,12-17,19,28H2,1-4H3,(H2,29,30,31,32,33). The van der Waals surface area contributed by atoms with Gasteiger partial charge < -0.3 is 25.8 Å². The molecule has 0 aliphatic heterocycles. The Balaban J connectivity index is 1.70. The number of nitrogens with one attached hydrogen (secondary N) is 2. The number of aryl methyl sites for hydroxylation is 1. The van der Waals surface area contributed by atoms with Crippen LogP contribution < -0.4 is 16.4 Å². The van der Waals surface area contributed by atoms with Crippen molar-refractivity contribution in [3.63, 3.8) is 0 Å². The number of ether oxygens (including phenoxy) is 2. The van der Waals surface area contributed by atoms with Crippen LogP contribution in [0.2, 0.25) is 0 Å². The Morgan fingerprint density at radius 3 is 2.17 bits per heavy atom. The maximum Gasteiger partial charge on any atom is 0.228 e. The molecule has 0 atom stereocenters. The van der Waals surface area contributed by atoms with Gasteiger partial charge in [0.2, 0.25) is 11.9 Å². The molecule has 0 radical (unpaired) electrons. The maximum atomic E-state index is 5.59. The third kappa shape index (κ3) is 8.90. The summed E-state index contributed by atoms with van der Waals surface area (Å²) in [7, 11) is 0. The van der Waals surface area contributed by atoms with Crippen molar-refractivity contribution in [2.45, 2.75) is 39.7 Å². The lowest BCUT2D eigenvalue weighted by Crippen LogP contribution is -2.16. The van der Waals surface area contributed by atoms with E-state index in [-0.39, 0.29) is 5.41 Å². The second-order valence-corrected chi connectivity index (χ2v) is 9.42. The number of anilines is 2. The van der Waals surface area contributed by atoms with Gasteiger partial charge in [0.15, 0.2) is 5.82 Å². The summed E-state index contributed by atoms with van der Waals surface area (Å²) in [6.45, 7) is 12.5. The average molecular weight is 479 g/mol. The van der Waals surface area contributed by atoms with Crippen LogP contribution in [0.15, 0.2) is 48.5 Å². The van der Waals surface area contributed by atoms with Crippen LogP contribution in [0.5, 0.6) is 0 Å². The summed E-state index contributed by atoms with van der Waals surface area (Å²) in [6.07, 6.45) is 0. The summed E-state index contributed by atoms with van der Waals surface area (Å²) < 4.78 is 10.9. The highest BCUT2D eigenvalue weighted by Gasteiger charge is 2.14. The van der Waals surface area contributed by atoms with Crippen LogP contribution >= 0.6 is 0 Å². The molecular formula is C27H38N6O2. The van der Waals surface area contributed by atoms with E-state index in [4.69, 9.17) is 15.2 Å². The van der Waals surface area contributed by atoms with Gasteiger partial charge >= 0.3 is 0 Å². The Kier molecular flexibility index (Phi) is 9.96. The number of hydrogen-bond donors (Lipinski definition) is 3. The van der Waals surface area contributed by atoms with Crippen molar-refractivity contribution in [1.82, 2.24) is 15.0 Å². The first-order valence-electron chi connectivity index (χ1n) is 12.1. The summed E-state index contributed by atoms with van der Waals surface area (Å²) >= 11 is 0. The van der Waals surface area contributed by atoms with Crippen LogP contribution in [0.4, 0.5) is 11.9 Å². The van der Waals surface area contributed by atoms with E-state index in [1.807, 2.05) is 0 Å². The number of nitrogens with two attached hydrogens (primary N) is 1. The molecule has 0 bridgehead atoms. The molecule has 1 aromatic heterocycles. The highest BCUT2D eigenvalue weighted by Crippen LogP contribution is 2.25. The third-order valence-electron chi connectivity index (χ3n) is 5.34. The van der Waals surface area contributed by atoms with Crippen LogP contribution in [0.1, 0.15) is 37.5 Å². The molecule has 0 saturated heterocycles. The van der Waals surface area contributed by atoms with Gasteiger partial charge in [-0.15, -0.1) is 0 Å². The molecule has 35 heavy (non-hydrogen) atoms. The van der Waals surface area contributed by atoms with Crippen molar-refractivity contribution in [2.24, 2.45) is 5.73 Å². The van der Waals surface area contributed by atoms with Gasteiger partial charge in [-0.25, -0.2) is 0 Å². The van der Waals surface area contributed by atoms with Gasteiger partial charge in [0, 0.05) is 25.2 Å².